The fourth-order valence-electron chi connectivity index (χ4n) is 3.25. The zero-order valence-corrected chi connectivity index (χ0v) is 16.8. The summed E-state index contributed by atoms with van der Waals surface area (Å²) in [4.78, 5) is 36.3. The predicted molar refractivity (Wildman–Crippen MR) is 99.7 cm³/mol. The summed E-state index contributed by atoms with van der Waals surface area (Å²) in [5.41, 5.74) is 1.58. The van der Waals surface area contributed by atoms with E-state index in [1.165, 1.54) is 0 Å². The van der Waals surface area contributed by atoms with Crippen LogP contribution in [0.25, 0.3) is 0 Å². The molecule has 0 aromatic heterocycles. The number of carboxylic acids is 1. The van der Waals surface area contributed by atoms with Gasteiger partial charge in [-0.05, 0) is 13.0 Å². The van der Waals surface area contributed by atoms with Crippen LogP contribution in [0.4, 0.5) is 0 Å². The molecular formula is C15H13Cl2N3O8S. The molecule has 2 saturated heterocycles. The summed E-state index contributed by atoms with van der Waals surface area (Å²) in [5.74, 6) is -4.75. The SMILES string of the molecule is C[C@]1(/C=N/NC(=O)c2cc(Cl)c(O)c(O)c2Cl)[C@H](C(=O)O)N2C(=O)C[C@H]2S1(=O)=O. The lowest BCUT2D eigenvalue weighted by atomic mass is 9.97. The molecule has 3 atom stereocenters. The maximum absolute atomic E-state index is 12.7. The van der Waals surface area contributed by atoms with Crippen LogP contribution in [-0.4, -0.2) is 68.8 Å². The number of carbonyl (C=O) groups excluding carboxylic acids is 2. The number of amides is 2. The number of hydrogen-bond donors (Lipinski definition) is 4. The van der Waals surface area contributed by atoms with Crippen LogP contribution < -0.4 is 5.43 Å². The minimum atomic E-state index is -4.14. The van der Waals surface area contributed by atoms with Crippen molar-refractivity contribution < 1.29 is 38.1 Å². The van der Waals surface area contributed by atoms with Gasteiger partial charge >= 0.3 is 5.97 Å². The summed E-state index contributed by atoms with van der Waals surface area (Å²) in [6, 6.07) is -0.766. The molecule has 1 aromatic carbocycles. The first-order valence-corrected chi connectivity index (χ1v) is 10.2. The molecule has 156 valence electrons. The van der Waals surface area contributed by atoms with E-state index in [9.17, 15) is 38.1 Å². The van der Waals surface area contributed by atoms with Gasteiger partial charge in [0.25, 0.3) is 5.91 Å². The van der Waals surface area contributed by atoms with Gasteiger partial charge in [0.1, 0.15) is 10.1 Å². The van der Waals surface area contributed by atoms with Crippen molar-refractivity contribution in [2.24, 2.45) is 5.10 Å². The summed E-state index contributed by atoms with van der Waals surface area (Å²) < 4.78 is 23.3. The molecule has 2 aliphatic rings. The molecular weight excluding hydrogens is 453 g/mol. The molecule has 2 amide bonds. The number of fused-ring (bicyclic) bond motifs is 1. The van der Waals surface area contributed by atoms with Gasteiger partial charge in [0.2, 0.25) is 5.91 Å². The number of halogens is 2. The molecule has 0 aliphatic carbocycles. The number of phenols is 2. The van der Waals surface area contributed by atoms with Gasteiger partial charge < -0.3 is 20.2 Å². The number of sulfone groups is 1. The molecule has 2 aliphatic heterocycles. The van der Waals surface area contributed by atoms with Crippen LogP contribution >= 0.6 is 23.2 Å². The van der Waals surface area contributed by atoms with E-state index in [1.54, 1.807) is 0 Å². The molecule has 0 unspecified atom stereocenters. The summed E-state index contributed by atoms with van der Waals surface area (Å²) in [6.45, 7) is 1.08. The third-order valence-electron chi connectivity index (χ3n) is 4.87. The highest BCUT2D eigenvalue weighted by Gasteiger charge is 2.69. The van der Waals surface area contributed by atoms with Crippen LogP contribution in [0.5, 0.6) is 11.5 Å². The maximum atomic E-state index is 12.7. The number of carbonyl (C=O) groups is 3. The molecule has 14 heteroatoms. The molecule has 4 N–H and O–H groups in total. The number of phenolic OH excluding ortho intramolecular Hbond substituents is 2. The highest BCUT2D eigenvalue weighted by atomic mass is 35.5. The summed E-state index contributed by atoms with van der Waals surface area (Å²) >= 11 is 11.4. The number of aromatic hydroxyl groups is 2. The first kappa shape index (κ1) is 21.1. The molecule has 0 bridgehead atoms. The van der Waals surface area contributed by atoms with Crippen molar-refractivity contribution in [3.05, 3.63) is 21.7 Å². The van der Waals surface area contributed by atoms with Crippen molar-refractivity contribution in [1.82, 2.24) is 10.3 Å². The van der Waals surface area contributed by atoms with E-state index in [-0.39, 0.29) is 17.0 Å². The van der Waals surface area contributed by atoms with E-state index >= 15 is 0 Å². The third-order valence-corrected chi connectivity index (χ3v) is 8.21. The standard InChI is InChI=1S/C15H13Cl2N3O8S/c1-15(12(14(25)26)20-7(21)3-8(20)29(15,27)28)4-18-19-13(24)5-2-6(16)10(22)11(23)9(5)17/h2,4,8,12,22-23H,3H2,1H3,(H,19,24)(H,25,26)/b18-4+/t8-,12+,15+/m1/s1. The summed E-state index contributed by atoms with van der Waals surface area (Å²) in [6.07, 6.45) is 0.392. The average Bonchev–Trinajstić information content (AvgIpc) is 2.77. The van der Waals surface area contributed by atoms with Gasteiger partial charge in [-0.15, -0.1) is 0 Å². The normalized spacial score (nSPS) is 27.6. The minimum absolute atomic E-state index is 0.331. The Hall–Kier alpha value is -2.57. The highest BCUT2D eigenvalue weighted by Crippen LogP contribution is 2.45. The smallest absolute Gasteiger partial charge is 0.328 e. The predicted octanol–water partition coefficient (Wildman–Crippen LogP) is 0.319. The van der Waals surface area contributed by atoms with Crippen LogP contribution in [0, 0.1) is 0 Å². The van der Waals surface area contributed by atoms with Crippen molar-refractivity contribution in [3.8, 4) is 11.5 Å². The number of rotatable bonds is 4. The van der Waals surface area contributed by atoms with Gasteiger partial charge in [-0.1, -0.05) is 23.2 Å². The van der Waals surface area contributed by atoms with Crippen molar-refractivity contribution in [2.75, 3.05) is 0 Å². The number of aliphatic carboxylic acids is 1. The second kappa shape index (κ2) is 6.75. The zero-order chi connectivity index (χ0) is 21.9. The lowest BCUT2D eigenvalue weighted by Gasteiger charge is -2.35. The van der Waals surface area contributed by atoms with Crippen LogP contribution in [0.3, 0.4) is 0 Å². The highest BCUT2D eigenvalue weighted by molar-refractivity contribution is 7.94. The number of benzene rings is 1. The molecule has 3 rings (SSSR count). The molecule has 0 saturated carbocycles. The van der Waals surface area contributed by atoms with Gasteiger partial charge in [0.05, 0.1) is 22.0 Å². The van der Waals surface area contributed by atoms with Crippen molar-refractivity contribution in [2.45, 2.75) is 29.5 Å². The van der Waals surface area contributed by atoms with Gasteiger partial charge in [0, 0.05) is 6.21 Å². The number of nitrogens with one attached hydrogen (secondary N) is 1. The molecule has 2 fully saturated rings. The monoisotopic (exact) mass is 465 g/mol. The Morgan fingerprint density at radius 3 is 2.52 bits per heavy atom. The number of β-lactam (4-membered cyclic amide) rings is 1. The molecule has 2 heterocycles. The van der Waals surface area contributed by atoms with E-state index in [0.29, 0.717) is 0 Å². The fourth-order valence-corrected chi connectivity index (χ4v) is 5.89. The molecule has 0 spiro atoms. The second-order valence-corrected chi connectivity index (χ2v) is 9.84. The first-order valence-electron chi connectivity index (χ1n) is 7.86. The van der Waals surface area contributed by atoms with Gasteiger partial charge in [-0.25, -0.2) is 18.6 Å². The Morgan fingerprint density at radius 1 is 1.34 bits per heavy atom. The van der Waals surface area contributed by atoms with Crippen LogP contribution in [0.15, 0.2) is 11.2 Å². The van der Waals surface area contributed by atoms with Crippen molar-refractivity contribution in [1.29, 1.82) is 0 Å². The number of carboxylic acid groups (broad SMARTS) is 1. The number of hydrazone groups is 1. The molecule has 0 radical (unpaired) electrons. The van der Waals surface area contributed by atoms with E-state index in [0.717, 1.165) is 24.1 Å². The van der Waals surface area contributed by atoms with Crippen molar-refractivity contribution in [3.63, 3.8) is 0 Å². The van der Waals surface area contributed by atoms with E-state index < -0.39 is 60.3 Å². The fraction of sp³-hybridized carbons (Fsp3) is 0.333. The Labute approximate surface area is 173 Å². The van der Waals surface area contributed by atoms with Gasteiger partial charge in [-0.2, -0.15) is 5.10 Å². The third kappa shape index (κ3) is 2.90. The lowest BCUT2D eigenvalue weighted by molar-refractivity contribution is -0.156. The number of hydrogen-bond acceptors (Lipinski definition) is 8. The molecule has 29 heavy (non-hydrogen) atoms. The van der Waals surface area contributed by atoms with Crippen LogP contribution in [0.2, 0.25) is 10.0 Å². The lowest BCUT2D eigenvalue weighted by Crippen LogP contribution is -2.57. The number of nitrogens with zero attached hydrogens (tertiary/aromatic N) is 2. The second-order valence-electron chi connectivity index (χ2n) is 6.55. The maximum Gasteiger partial charge on any atom is 0.328 e. The summed E-state index contributed by atoms with van der Waals surface area (Å²) in [7, 11) is -4.14. The largest absolute Gasteiger partial charge is 0.503 e. The quantitative estimate of drug-likeness (QED) is 0.212. The Bertz CT molecular complexity index is 1090. The van der Waals surface area contributed by atoms with Crippen LogP contribution in [-0.2, 0) is 19.4 Å². The Kier molecular flexibility index (Phi) is 4.92. The molecule has 1 aromatic rings. The Morgan fingerprint density at radius 2 is 1.97 bits per heavy atom. The zero-order valence-electron chi connectivity index (χ0n) is 14.5. The average molecular weight is 466 g/mol. The molecule has 11 nitrogen and oxygen atoms in total. The topological polar surface area (TPSA) is 174 Å². The van der Waals surface area contributed by atoms with Crippen LogP contribution in [0.1, 0.15) is 23.7 Å². The summed E-state index contributed by atoms with van der Waals surface area (Å²) in [5, 5.41) is 29.9. The van der Waals surface area contributed by atoms with E-state index in [4.69, 9.17) is 23.2 Å². The Balaban J connectivity index is 1.90. The van der Waals surface area contributed by atoms with Crippen molar-refractivity contribution >= 4 is 57.0 Å². The van der Waals surface area contributed by atoms with Gasteiger partial charge in [0.15, 0.2) is 27.4 Å². The van der Waals surface area contributed by atoms with E-state index in [1.807, 2.05) is 5.43 Å². The van der Waals surface area contributed by atoms with E-state index in [2.05, 4.69) is 5.10 Å². The van der Waals surface area contributed by atoms with Gasteiger partial charge in [-0.3, -0.25) is 9.59 Å². The minimum Gasteiger partial charge on any atom is -0.503 e. The first-order chi connectivity index (χ1) is 13.3.